The van der Waals surface area contributed by atoms with Crippen molar-refractivity contribution in [3.63, 3.8) is 0 Å². The highest BCUT2D eigenvalue weighted by Crippen LogP contribution is 2.39. The summed E-state index contributed by atoms with van der Waals surface area (Å²) >= 11 is 0. The Morgan fingerprint density at radius 1 is 0.743 bits per heavy atom. The van der Waals surface area contributed by atoms with Crippen molar-refractivity contribution in [2.24, 2.45) is 0 Å². The Morgan fingerprint density at radius 2 is 1.40 bits per heavy atom. The standard InChI is InChI=1S/C28H33NO6/c1-6-29(18-21-13-14-23(34-7-2)24(15-21)31-3)28(30)22-16-25(32-4)27(26(17-22)33-5)35-19-20-11-9-8-10-12-20/h8-17H,6-7,18-19H2,1-5H3. The van der Waals surface area contributed by atoms with E-state index in [0.717, 1.165) is 11.1 Å². The van der Waals surface area contributed by atoms with Gasteiger partial charge < -0.3 is 28.6 Å². The molecule has 186 valence electrons. The Morgan fingerprint density at radius 3 is 1.97 bits per heavy atom. The Bertz CT molecular complexity index is 1090. The topological polar surface area (TPSA) is 66.5 Å². The van der Waals surface area contributed by atoms with E-state index in [2.05, 4.69) is 0 Å². The summed E-state index contributed by atoms with van der Waals surface area (Å²) in [4.78, 5) is 15.2. The molecule has 0 heterocycles. The van der Waals surface area contributed by atoms with Crippen LogP contribution in [0, 0.1) is 0 Å². The SMILES string of the molecule is CCOc1ccc(CN(CC)C(=O)c2cc(OC)c(OCc3ccccc3)c(OC)c2)cc1OC. The van der Waals surface area contributed by atoms with Crippen LogP contribution in [0.15, 0.2) is 60.7 Å². The molecule has 3 rings (SSSR count). The molecule has 35 heavy (non-hydrogen) atoms. The van der Waals surface area contributed by atoms with E-state index in [1.54, 1.807) is 38.4 Å². The molecule has 7 heteroatoms. The number of rotatable bonds is 12. The van der Waals surface area contributed by atoms with Crippen LogP contribution in [0.5, 0.6) is 28.7 Å². The van der Waals surface area contributed by atoms with E-state index in [0.29, 0.717) is 60.6 Å². The minimum Gasteiger partial charge on any atom is -0.493 e. The molecule has 0 radical (unpaired) electrons. The maximum absolute atomic E-state index is 13.4. The van der Waals surface area contributed by atoms with E-state index in [9.17, 15) is 4.79 Å². The fraction of sp³-hybridized carbons (Fsp3) is 0.321. The second kappa shape index (κ2) is 12.6. The molecule has 0 aliphatic carbocycles. The number of nitrogens with zero attached hydrogens (tertiary/aromatic N) is 1. The molecule has 7 nitrogen and oxygen atoms in total. The second-order valence-corrected chi connectivity index (χ2v) is 7.72. The average Bonchev–Trinajstić information content (AvgIpc) is 2.90. The number of methoxy groups -OCH3 is 3. The molecule has 0 aliphatic rings. The first-order chi connectivity index (χ1) is 17.0. The summed E-state index contributed by atoms with van der Waals surface area (Å²) < 4.78 is 28.2. The van der Waals surface area contributed by atoms with Crippen LogP contribution in [0.1, 0.15) is 35.3 Å². The van der Waals surface area contributed by atoms with Gasteiger partial charge in [0.15, 0.2) is 23.0 Å². The predicted molar refractivity (Wildman–Crippen MR) is 135 cm³/mol. The molecule has 1 amide bonds. The number of carbonyl (C=O) groups is 1. The van der Waals surface area contributed by atoms with Gasteiger partial charge in [0.2, 0.25) is 5.75 Å². The molecule has 0 aromatic heterocycles. The van der Waals surface area contributed by atoms with Gasteiger partial charge in [-0.25, -0.2) is 0 Å². The van der Waals surface area contributed by atoms with Gasteiger partial charge in [0, 0.05) is 18.7 Å². The van der Waals surface area contributed by atoms with Gasteiger partial charge in [0.25, 0.3) is 5.91 Å². The van der Waals surface area contributed by atoms with E-state index in [-0.39, 0.29) is 5.91 Å². The summed E-state index contributed by atoms with van der Waals surface area (Å²) in [6.07, 6.45) is 0. The van der Waals surface area contributed by atoms with Gasteiger partial charge in [0.05, 0.1) is 27.9 Å². The molecule has 3 aromatic rings. The van der Waals surface area contributed by atoms with Gasteiger partial charge in [-0.2, -0.15) is 0 Å². The van der Waals surface area contributed by atoms with Gasteiger partial charge >= 0.3 is 0 Å². The Balaban J connectivity index is 1.83. The minimum absolute atomic E-state index is 0.147. The van der Waals surface area contributed by atoms with Crippen molar-refractivity contribution in [1.29, 1.82) is 0 Å². The second-order valence-electron chi connectivity index (χ2n) is 7.72. The summed E-state index contributed by atoms with van der Waals surface area (Å²) in [6, 6.07) is 18.9. The van der Waals surface area contributed by atoms with Gasteiger partial charge in [0.1, 0.15) is 6.61 Å². The predicted octanol–water partition coefficient (Wildman–Crippen LogP) is 5.35. The van der Waals surface area contributed by atoms with E-state index >= 15 is 0 Å². The smallest absolute Gasteiger partial charge is 0.254 e. The van der Waals surface area contributed by atoms with Crippen LogP contribution >= 0.6 is 0 Å². The first-order valence-corrected chi connectivity index (χ1v) is 11.6. The lowest BCUT2D eigenvalue weighted by Crippen LogP contribution is -2.30. The number of carbonyl (C=O) groups excluding carboxylic acids is 1. The van der Waals surface area contributed by atoms with Gasteiger partial charge in [-0.15, -0.1) is 0 Å². The lowest BCUT2D eigenvalue weighted by molar-refractivity contribution is 0.0751. The molecule has 0 aliphatic heterocycles. The third kappa shape index (κ3) is 6.38. The molecule has 0 bridgehead atoms. The van der Waals surface area contributed by atoms with Gasteiger partial charge in [-0.3, -0.25) is 4.79 Å². The zero-order chi connectivity index (χ0) is 25.2. The van der Waals surface area contributed by atoms with E-state index in [1.165, 1.54) is 0 Å². The molecular weight excluding hydrogens is 446 g/mol. The van der Waals surface area contributed by atoms with Crippen molar-refractivity contribution in [3.8, 4) is 28.7 Å². The van der Waals surface area contributed by atoms with Crippen molar-refractivity contribution in [2.75, 3.05) is 34.5 Å². The first kappa shape index (κ1) is 25.7. The number of amides is 1. The van der Waals surface area contributed by atoms with E-state index in [1.807, 2.05) is 62.4 Å². The van der Waals surface area contributed by atoms with E-state index in [4.69, 9.17) is 23.7 Å². The summed E-state index contributed by atoms with van der Waals surface area (Å²) in [6.45, 7) is 5.69. The fourth-order valence-corrected chi connectivity index (χ4v) is 3.69. The zero-order valence-electron chi connectivity index (χ0n) is 21.0. The molecule has 0 fully saturated rings. The summed E-state index contributed by atoms with van der Waals surface area (Å²) in [5, 5.41) is 0. The molecule has 0 saturated heterocycles. The fourth-order valence-electron chi connectivity index (χ4n) is 3.69. The van der Waals surface area contributed by atoms with Crippen LogP contribution < -0.4 is 23.7 Å². The maximum Gasteiger partial charge on any atom is 0.254 e. The summed E-state index contributed by atoms with van der Waals surface area (Å²) in [5.74, 6) is 2.48. The van der Waals surface area contributed by atoms with Crippen LogP contribution in [-0.4, -0.2) is 45.3 Å². The largest absolute Gasteiger partial charge is 0.493 e. The zero-order valence-corrected chi connectivity index (χ0v) is 21.0. The maximum atomic E-state index is 13.4. The monoisotopic (exact) mass is 479 g/mol. The van der Waals surface area contributed by atoms with Crippen molar-refractivity contribution in [2.45, 2.75) is 27.0 Å². The Kier molecular flexibility index (Phi) is 9.23. The van der Waals surface area contributed by atoms with E-state index < -0.39 is 0 Å². The highest BCUT2D eigenvalue weighted by molar-refractivity contribution is 5.95. The van der Waals surface area contributed by atoms with Crippen molar-refractivity contribution < 1.29 is 28.5 Å². The number of hydrogen-bond acceptors (Lipinski definition) is 6. The van der Waals surface area contributed by atoms with Crippen LogP contribution in [-0.2, 0) is 13.2 Å². The normalized spacial score (nSPS) is 10.4. The lowest BCUT2D eigenvalue weighted by Gasteiger charge is -2.23. The Labute approximate surface area is 207 Å². The first-order valence-electron chi connectivity index (χ1n) is 11.6. The number of hydrogen-bond donors (Lipinski definition) is 0. The molecule has 0 N–H and O–H groups in total. The van der Waals surface area contributed by atoms with Crippen LogP contribution in [0.3, 0.4) is 0 Å². The minimum atomic E-state index is -0.147. The van der Waals surface area contributed by atoms with Crippen molar-refractivity contribution >= 4 is 5.91 Å². The molecule has 3 aromatic carbocycles. The highest BCUT2D eigenvalue weighted by atomic mass is 16.5. The van der Waals surface area contributed by atoms with Crippen molar-refractivity contribution in [3.05, 3.63) is 77.4 Å². The third-order valence-corrected chi connectivity index (χ3v) is 5.50. The van der Waals surface area contributed by atoms with Crippen molar-refractivity contribution in [1.82, 2.24) is 4.90 Å². The number of ether oxygens (including phenoxy) is 5. The van der Waals surface area contributed by atoms with Gasteiger partial charge in [-0.05, 0) is 49.2 Å². The number of benzene rings is 3. The third-order valence-electron chi connectivity index (χ3n) is 5.50. The highest BCUT2D eigenvalue weighted by Gasteiger charge is 2.22. The molecule has 0 spiro atoms. The summed E-state index contributed by atoms with van der Waals surface area (Å²) in [7, 11) is 4.69. The lowest BCUT2D eigenvalue weighted by atomic mass is 10.1. The summed E-state index contributed by atoms with van der Waals surface area (Å²) in [5.41, 5.74) is 2.40. The van der Waals surface area contributed by atoms with Gasteiger partial charge in [-0.1, -0.05) is 36.4 Å². The molecule has 0 saturated carbocycles. The van der Waals surface area contributed by atoms with Crippen LogP contribution in [0.25, 0.3) is 0 Å². The average molecular weight is 480 g/mol. The molecule has 0 unspecified atom stereocenters. The van der Waals surface area contributed by atoms with Crippen LogP contribution in [0.2, 0.25) is 0 Å². The Hall–Kier alpha value is -3.87. The molecular formula is C28H33NO6. The molecule has 0 atom stereocenters. The van der Waals surface area contributed by atoms with Crippen LogP contribution in [0.4, 0.5) is 0 Å². The quantitative estimate of drug-likeness (QED) is 0.349.